The molecular formula is C12H10N4O2. The van der Waals surface area contributed by atoms with Crippen LogP contribution in [0, 0.1) is 22.5 Å². The summed E-state index contributed by atoms with van der Waals surface area (Å²) in [5.41, 5.74) is 1.14. The lowest BCUT2D eigenvalue weighted by Gasteiger charge is -2.05. The Balaban J connectivity index is 2.46. The lowest BCUT2D eigenvalue weighted by atomic mass is 10.2. The van der Waals surface area contributed by atoms with Crippen LogP contribution in [0.2, 0.25) is 0 Å². The number of aromatic nitrogens is 3. The van der Waals surface area contributed by atoms with Gasteiger partial charge in [0.05, 0.1) is 16.8 Å². The van der Waals surface area contributed by atoms with Crippen molar-refractivity contribution in [2.24, 2.45) is 0 Å². The standard InChI is InChI=1S/C12H10N4O2/c1-2-3-6-10-9-13-14-15(10)11-7-4-5-8-12(11)16(17)18/h1,4-5,7-9H,3,6H2. The molecule has 0 N–H and O–H groups in total. The maximum atomic E-state index is 11.0. The fourth-order valence-electron chi connectivity index (χ4n) is 1.63. The topological polar surface area (TPSA) is 73.8 Å². The van der Waals surface area contributed by atoms with Crippen LogP contribution in [0.3, 0.4) is 0 Å². The Hall–Kier alpha value is -2.68. The zero-order chi connectivity index (χ0) is 13.0. The van der Waals surface area contributed by atoms with Crippen molar-refractivity contribution in [3.63, 3.8) is 0 Å². The van der Waals surface area contributed by atoms with Crippen molar-refractivity contribution < 1.29 is 4.92 Å². The normalized spacial score (nSPS) is 9.94. The van der Waals surface area contributed by atoms with Crippen LogP contribution in [-0.4, -0.2) is 19.9 Å². The van der Waals surface area contributed by atoms with Gasteiger partial charge in [-0.15, -0.1) is 17.4 Å². The van der Waals surface area contributed by atoms with Crippen LogP contribution < -0.4 is 0 Å². The molecule has 0 aliphatic rings. The molecule has 6 heteroatoms. The fraction of sp³-hybridized carbons (Fsp3) is 0.167. The summed E-state index contributed by atoms with van der Waals surface area (Å²) in [7, 11) is 0. The van der Waals surface area contributed by atoms with E-state index < -0.39 is 4.92 Å². The molecule has 0 saturated heterocycles. The molecule has 1 aromatic heterocycles. The van der Waals surface area contributed by atoms with Crippen LogP contribution in [0.25, 0.3) is 5.69 Å². The van der Waals surface area contributed by atoms with Gasteiger partial charge >= 0.3 is 0 Å². The zero-order valence-electron chi connectivity index (χ0n) is 9.48. The highest BCUT2D eigenvalue weighted by Crippen LogP contribution is 2.22. The maximum absolute atomic E-state index is 11.0. The number of benzene rings is 1. The number of para-hydroxylation sites is 2. The van der Waals surface area contributed by atoms with Crippen molar-refractivity contribution in [2.75, 3.05) is 0 Å². The van der Waals surface area contributed by atoms with Crippen molar-refractivity contribution >= 4 is 5.69 Å². The molecule has 0 spiro atoms. The van der Waals surface area contributed by atoms with E-state index in [2.05, 4.69) is 16.2 Å². The van der Waals surface area contributed by atoms with Crippen molar-refractivity contribution in [2.45, 2.75) is 12.8 Å². The van der Waals surface area contributed by atoms with Crippen molar-refractivity contribution in [1.82, 2.24) is 15.0 Å². The number of hydrogen-bond donors (Lipinski definition) is 0. The molecule has 0 amide bonds. The Morgan fingerprint density at radius 1 is 1.44 bits per heavy atom. The number of hydrogen-bond acceptors (Lipinski definition) is 4. The minimum Gasteiger partial charge on any atom is -0.258 e. The molecule has 2 rings (SSSR count). The predicted molar refractivity (Wildman–Crippen MR) is 65.2 cm³/mol. The molecule has 0 fully saturated rings. The summed E-state index contributed by atoms with van der Waals surface area (Å²) in [5.74, 6) is 2.52. The molecule has 0 aliphatic heterocycles. The van der Waals surface area contributed by atoms with Gasteiger partial charge < -0.3 is 0 Å². The SMILES string of the molecule is C#CCCc1cnnn1-c1ccccc1[N+](=O)[O-]. The maximum Gasteiger partial charge on any atom is 0.294 e. The van der Waals surface area contributed by atoms with Gasteiger partial charge in [0.25, 0.3) is 5.69 Å². The van der Waals surface area contributed by atoms with Crippen LogP contribution >= 0.6 is 0 Å². The van der Waals surface area contributed by atoms with Gasteiger partial charge in [-0.05, 0) is 6.07 Å². The lowest BCUT2D eigenvalue weighted by Crippen LogP contribution is -2.05. The second-order valence-electron chi connectivity index (χ2n) is 3.59. The average molecular weight is 242 g/mol. The van der Waals surface area contributed by atoms with Gasteiger partial charge in [-0.1, -0.05) is 17.3 Å². The zero-order valence-corrected chi connectivity index (χ0v) is 9.48. The van der Waals surface area contributed by atoms with E-state index in [4.69, 9.17) is 6.42 Å². The van der Waals surface area contributed by atoms with Crippen LogP contribution in [0.15, 0.2) is 30.5 Å². The minimum atomic E-state index is -0.442. The molecule has 18 heavy (non-hydrogen) atoms. The van der Waals surface area contributed by atoms with Crippen LogP contribution in [-0.2, 0) is 6.42 Å². The first-order chi connectivity index (χ1) is 8.74. The third kappa shape index (κ3) is 2.20. The number of rotatable bonds is 4. The molecule has 0 bridgehead atoms. The fourth-order valence-corrected chi connectivity index (χ4v) is 1.63. The summed E-state index contributed by atoms with van der Waals surface area (Å²) in [4.78, 5) is 10.5. The van der Waals surface area contributed by atoms with Crippen LogP contribution in [0.5, 0.6) is 0 Å². The van der Waals surface area contributed by atoms with E-state index >= 15 is 0 Å². The highest BCUT2D eigenvalue weighted by atomic mass is 16.6. The molecule has 1 heterocycles. The number of nitro groups is 1. The molecule has 0 radical (unpaired) electrons. The van der Waals surface area contributed by atoms with E-state index in [0.717, 1.165) is 5.69 Å². The summed E-state index contributed by atoms with van der Waals surface area (Å²) in [6.45, 7) is 0. The Morgan fingerprint density at radius 3 is 2.94 bits per heavy atom. The Morgan fingerprint density at radius 2 is 2.22 bits per heavy atom. The van der Waals surface area contributed by atoms with Crippen molar-refractivity contribution in [1.29, 1.82) is 0 Å². The number of nitrogens with zero attached hydrogens (tertiary/aromatic N) is 4. The van der Waals surface area contributed by atoms with E-state index in [-0.39, 0.29) is 5.69 Å². The van der Waals surface area contributed by atoms with E-state index in [9.17, 15) is 10.1 Å². The highest BCUT2D eigenvalue weighted by molar-refractivity contribution is 5.52. The summed E-state index contributed by atoms with van der Waals surface area (Å²) < 4.78 is 1.45. The lowest BCUT2D eigenvalue weighted by molar-refractivity contribution is -0.384. The van der Waals surface area contributed by atoms with Crippen molar-refractivity contribution in [3.8, 4) is 18.0 Å². The summed E-state index contributed by atoms with van der Waals surface area (Å²) in [6, 6.07) is 6.39. The Labute approximate surface area is 103 Å². The molecule has 2 aromatic rings. The predicted octanol–water partition coefficient (Wildman–Crippen LogP) is 1.74. The molecule has 0 saturated carbocycles. The van der Waals surface area contributed by atoms with Gasteiger partial charge in [0.2, 0.25) is 0 Å². The first kappa shape index (κ1) is 11.8. The minimum absolute atomic E-state index is 0.00930. The smallest absolute Gasteiger partial charge is 0.258 e. The van der Waals surface area contributed by atoms with Gasteiger partial charge in [0, 0.05) is 18.9 Å². The Bertz CT molecular complexity index is 613. The third-order valence-electron chi connectivity index (χ3n) is 2.45. The quantitative estimate of drug-likeness (QED) is 0.465. The van der Waals surface area contributed by atoms with E-state index in [1.165, 1.54) is 10.7 Å². The molecule has 0 aliphatic carbocycles. The van der Waals surface area contributed by atoms with Gasteiger partial charge in [0.15, 0.2) is 0 Å². The van der Waals surface area contributed by atoms with E-state index in [1.807, 2.05) is 0 Å². The first-order valence-electron chi connectivity index (χ1n) is 5.31. The van der Waals surface area contributed by atoms with Crippen LogP contribution in [0.4, 0.5) is 5.69 Å². The summed E-state index contributed by atoms with van der Waals surface area (Å²) in [6.07, 6.45) is 7.88. The largest absolute Gasteiger partial charge is 0.294 e. The van der Waals surface area contributed by atoms with Gasteiger partial charge in [-0.25, -0.2) is 4.68 Å². The van der Waals surface area contributed by atoms with Gasteiger partial charge in [-0.3, -0.25) is 10.1 Å². The number of nitro benzene ring substituents is 1. The molecular weight excluding hydrogens is 232 g/mol. The highest BCUT2D eigenvalue weighted by Gasteiger charge is 2.17. The number of terminal acetylenes is 1. The second-order valence-corrected chi connectivity index (χ2v) is 3.59. The monoisotopic (exact) mass is 242 g/mol. The molecule has 6 nitrogen and oxygen atoms in total. The molecule has 0 unspecified atom stereocenters. The number of aryl methyl sites for hydroxylation is 1. The molecule has 0 atom stereocenters. The summed E-state index contributed by atoms with van der Waals surface area (Å²) in [5, 5.41) is 18.6. The molecule has 90 valence electrons. The van der Waals surface area contributed by atoms with E-state index in [0.29, 0.717) is 18.5 Å². The molecule has 1 aromatic carbocycles. The van der Waals surface area contributed by atoms with Gasteiger partial charge in [-0.2, -0.15) is 0 Å². The average Bonchev–Trinajstić information content (AvgIpc) is 2.84. The van der Waals surface area contributed by atoms with E-state index in [1.54, 1.807) is 24.4 Å². The Kier molecular flexibility index (Phi) is 3.34. The third-order valence-corrected chi connectivity index (χ3v) is 2.45. The van der Waals surface area contributed by atoms with Crippen molar-refractivity contribution in [3.05, 3.63) is 46.3 Å². The summed E-state index contributed by atoms with van der Waals surface area (Å²) >= 11 is 0. The first-order valence-corrected chi connectivity index (χ1v) is 5.31. The second kappa shape index (κ2) is 5.10. The van der Waals surface area contributed by atoms with Gasteiger partial charge in [0.1, 0.15) is 5.69 Å². The van der Waals surface area contributed by atoms with Crippen LogP contribution in [0.1, 0.15) is 12.1 Å².